The zero-order valence-electron chi connectivity index (χ0n) is 12.6. The maximum Gasteiger partial charge on any atom is 0.227 e. The molecule has 1 fully saturated rings. The van der Waals surface area contributed by atoms with Crippen molar-refractivity contribution in [2.45, 2.75) is 31.4 Å². The van der Waals surface area contributed by atoms with Gasteiger partial charge in [-0.2, -0.15) is 11.8 Å². The van der Waals surface area contributed by atoms with Gasteiger partial charge in [0, 0.05) is 29.2 Å². The number of carbonyl (C=O) groups is 1. The van der Waals surface area contributed by atoms with Crippen LogP contribution in [0.25, 0.3) is 0 Å². The number of hydrogen-bond acceptors (Lipinski definition) is 3. The number of rotatable bonds is 3. The van der Waals surface area contributed by atoms with E-state index in [1.807, 2.05) is 40.9 Å². The Morgan fingerprint density at radius 1 is 1.33 bits per heavy atom. The molecule has 1 heterocycles. The first-order chi connectivity index (χ1) is 9.87. The van der Waals surface area contributed by atoms with Gasteiger partial charge in [0.05, 0.1) is 6.42 Å². The lowest BCUT2D eigenvalue weighted by Crippen LogP contribution is -2.34. The molecule has 1 aromatic carbocycles. The van der Waals surface area contributed by atoms with Crippen LogP contribution in [0.2, 0.25) is 0 Å². The number of carbonyl (C=O) groups excluding carboxylic acids is 1. The number of hydrogen-bond donors (Lipinski definition) is 1. The standard InChI is InChI=1S/C16H22N2OS2/c1-16(2)7-8-18(9-10-21-16)14(19)11-12-3-5-13(6-4-12)15(17)20/h3-6H,7-11H2,1-2H3,(H2,17,20). The minimum atomic E-state index is 0.205. The molecular weight excluding hydrogens is 300 g/mol. The third kappa shape index (κ3) is 4.71. The molecule has 1 aliphatic heterocycles. The molecule has 0 spiro atoms. The van der Waals surface area contributed by atoms with Gasteiger partial charge in [0.25, 0.3) is 0 Å². The Morgan fingerprint density at radius 3 is 2.62 bits per heavy atom. The average molecular weight is 322 g/mol. The molecular formula is C16H22N2OS2. The predicted molar refractivity (Wildman–Crippen MR) is 93.8 cm³/mol. The summed E-state index contributed by atoms with van der Waals surface area (Å²) >= 11 is 6.88. The molecule has 2 N–H and O–H groups in total. The lowest BCUT2D eigenvalue weighted by atomic mass is 10.1. The van der Waals surface area contributed by atoms with Crippen LogP contribution in [0.1, 0.15) is 31.4 Å². The fourth-order valence-electron chi connectivity index (χ4n) is 2.34. The minimum Gasteiger partial charge on any atom is -0.389 e. The molecule has 0 radical (unpaired) electrons. The lowest BCUT2D eigenvalue weighted by Gasteiger charge is -2.22. The monoisotopic (exact) mass is 322 g/mol. The largest absolute Gasteiger partial charge is 0.389 e. The van der Waals surface area contributed by atoms with Crippen molar-refractivity contribution in [1.82, 2.24) is 4.90 Å². The fourth-order valence-corrected chi connectivity index (χ4v) is 3.58. The van der Waals surface area contributed by atoms with Gasteiger partial charge in [-0.15, -0.1) is 0 Å². The number of benzene rings is 1. The molecule has 21 heavy (non-hydrogen) atoms. The van der Waals surface area contributed by atoms with E-state index in [4.69, 9.17) is 18.0 Å². The highest BCUT2D eigenvalue weighted by molar-refractivity contribution is 8.00. The molecule has 3 nitrogen and oxygen atoms in total. The van der Waals surface area contributed by atoms with E-state index in [-0.39, 0.29) is 10.7 Å². The van der Waals surface area contributed by atoms with Gasteiger partial charge in [0.15, 0.2) is 0 Å². The zero-order valence-corrected chi connectivity index (χ0v) is 14.2. The second-order valence-corrected chi connectivity index (χ2v) is 8.22. The number of nitrogens with zero attached hydrogens (tertiary/aromatic N) is 1. The van der Waals surface area contributed by atoms with Gasteiger partial charge in [-0.1, -0.05) is 50.3 Å². The number of amides is 1. The minimum absolute atomic E-state index is 0.205. The van der Waals surface area contributed by atoms with E-state index in [1.165, 1.54) is 0 Å². The zero-order chi connectivity index (χ0) is 15.5. The molecule has 2 rings (SSSR count). The Morgan fingerprint density at radius 2 is 2.00 bits per heavy atom. The lowest BCUT2D eigenvalue weighted by molar-refractivity contribution is -0.130. The highest BCUT2D eigenvalue weighted by Crippen LogP contribution is 2.30. The maximum absolute atomic E-state index is 12.4. The van der Waals surface area contributed by atoms with Crippen molar-refractivity contribution in [3.63, 3.8) is 0 Å². The molecule has 1 aliphatic rings. The van der Waals surface area contributed by atoms with Gasteiger partial charge < -0.3 is 10.6 Å². The van der Waals surface area contributed by atoms with Crippen LogP contribution in [-0.4, -0.2) is 39.4 Å². The third-order valence-electron chi connectivity index (χ3n) is 3.78. The van der Waals surface area contributed by atoms with E-state index in [0.29, 0.717) is 11.4 Å². The summed E-state index contributed by atoms with van der Waals surface area (Å²) in [6, 6.07) is 7.63. The second-order valence-electron chi connectivity index (χ2n) is 5.98. The highest BCUT2D eigenvalue weighted by atomic mass is 32.2. The first-order valence-corrected chi connectivity index (χ1v) is 8.57. The van der Waals surface area contributed by atoms with E-state index < -0.39 is 0 Å². The smallest absolute Gasteiger partial charge is 0.227 e. The summed E-state index contributed by atoms with van der Waals surface area (Å²) in [5.74, 6) is 1.22. The Balaban J connectivity index is 1.96. The Hall–Kier alpha value is -1.07. The van der Waals surface area contributed by atoms with Crippen LogP contribution in [0.4, 0.5) is 0 Å². The van der Waals surface area contributed by atoms with E-state index in [9.17, 15) is 4.79 Å². The molecule has 0 unspecified atom stereocenters. The second kappa shape index (κ2) is 6.79. The summed E-state index contributed by atoms with van der Waals surface area (Å²) in [7, 11) is 0. The molecule has 0 aliphatic carbocycles. The Kier molecular flexibility index (Phi) is 5.27. The van der Waals surface area contributed by atoms with E-state index in [2.05, 4.69) is 13.8 Å². The highest BCUT2D eigenvalue weighted by Gasteiger charge is 2.25. The van der Waals surface area contributed by atoms with Crippen molar-refractivity contribution < 1.29 is 4.79 Å². The van der Waals surface area contributed by atoms with Gasteiger partial charge in [0.1, 0.15) is 4.99 Å². The van der Waals surface area contributed by atoms with Crippen LogP contribution in [0.5, 0.6) is 0 Å². The van der Waals surface area contributed by atoms with E-state index >= 15 is 0 Å². The molecule has 0 atom stereocenters. The molecule has 0 bridgehead atoms. The summed E-state index contributed by atoms with van der Waals surface area (Å²) in [4.78, 5) is 14.8. The van der Waals surface area contributed by atoms with Crippen molar-refractivity contribution >= 4 is 34.9 Å². The normalized spacial score (nSPS) is 18.1. The number of nitrogens with two attached hydrogens (primary N) is 1. The van der Waals surface area contributed by atoms with Crippen LogP contribution in [0, 0.1) is 0 Å². The van der Waals surface area contributed by atoms with Crippen molar-refractivity contribution in [1.29, 1.82) is 0 Å². The molecule has 114 valence electrons. The first kappa shape index (κ1) is 16.3. The third-order valence-corrected chi connectivity index (χ3v) is 5.39. The molecule has 1 saturated heterocycles. The molecule has 0 saturated carbocycles. The van der Waals surface area contributed by atoms with Gasteiger partial charge in [-0.05, 0) is 12.0 Å². The van der Waals surface area contributed by atoms with Crippen molar-refractivity contribution in [3.05, 3.63) is 35.4 Å². The Bertz CT molecular complexity index is 526. The molecule has 0 aromatic heterocycles. The van der Waals surface area contributed by atoms with Gasteiger partial charge in [-0.25, -0.2) is 0 Å². The van der Waals surface area contributed by atoms with Crippen molar-refractivity contribution in [2.24, 2.45) is 5.73 Å². The predicted octanol–water partition coefficient (Wildman–Crippen LogP) is 2.61. The Labute approximate surface area is 136 Å². The van der Waals surface area contributed by atoms with Crippen LogP contribution in [0.15, 0.2) is 24.3 Å². The topological polar surface area (TPSA) is 46.3 Å². The van der Waals surface area contributed by atoms with Crippen LogP contribution in [0.3, 0.4) is 0 Å². The van der Waals surface area contributed by atoms with Gasteiger partial charge in [0.2, 0.25) is 5.91 Å². The molecule has 5 heteroatoms. The summed E-state index contributed by atoms with van der Waals surface area (Å²) in [6.07, 6.45) is 1.49. The maximum atomic E-state index is 12.4. The van der Waals surface area contributed by atoms with Crippen molar-refractivity contribution in [2.75, 3.05) is 18.8 Å². The summed E-state index contributed by atoms with van der Waals surface area (Å²) in [5.41, 5.74) is 7.43. The SMILES string of the molecule is CC1(C)CCN(C(=O)Cc2ccc(C(N)=S)cc2)CCS1. The average Bonchev–Trinajstić information content (AvgIpc) is 2.60. The first-order valence-electron chi connectivity index (χ1n) is 7.18. The fraction of sp³-hybridized carbons (Fsp3) is 0.500. The van der Waals surface area contributed by atoms with E-state index in [1.54, 1.807) is 0 Å². The quantitative estimate of drug-likeness (QED) is 0.869. The summed E-state index contributed by atoms with van der Waals surface area (Å²) in [5, 5.41) is 0. The molecule has 1 aromatic rings. The molecule has 1 amide bonds. The van der Waals surface area contributed by atoms with Gasteiger partial charge >= 0.3 is 0 Å². The van der Waals surface area contributed by atoms with Crippen molar-refractivity contribution in [3.8, 4) is 0 Å². The number of thiocarbonyl (C=S) groups is 1. The van der Waals surface area contributed by atoms with Crippen LogP contribution in [-0.2, 0) is 11.2 Å². The van der Waals surface area contributed by atoms with E-state index in [0.717, 1.165) is 36.4 Å². The van der Waals surface area contributed by atoms with Crippen LogP contribution < -0.4 is 5.73 Å². The summed E-state index contributed by atoms with van der Waals surface area (Å²) in [6.45, 7) is 6.20. The number of thioether (sulfide) groups is 1. The summed E-state index contributed by atoms with van der Waals surface area (Å²) < 4.78 is 0.271. The van der Waals surface area contributed by atoms with Crippen LogP contribution >= 0.6 is 24.0 Å². The van der Waals surface area contributed by atoms with Gasteiger partial charge in [-0.3, -0.25) is 4.79 Å².